The standard InChI is InChI=1S/C29H40F2/c1-2-3-4-5-21-6-8-22(9-7-21)10-11-23-12-14-24(15-13-23)25-16-18-27-26(20-25)17-19-28(30)29(27)31/h16-24H,2-15H2,1H3/t21-,22-,23-,24-. The summed E-state index contributed by atoms with van der Waals surface area (Å²) in [4.78, 5) is 0. The van der Waals surface area contributed by atoms with Gasteiger partial charge in [0.1, 0.15) is 0 Å². The van der Waals surface area contributed by atoms with Crippen molar-refractivity contribution in [2.45, 2.75) is 103 Å². The molecule has 0 heterocycles. The number of halogens is 2. The van der Waals surface area contributed by atoms with Crippen LogP contribution in [0.1, 0.15) is 108 Å². The highest BCUT2D eigenvalue weighted by Crippen LogP contribution is 2.41. The number of hydrogen-bond acceptors (Lipinski definition) is 0. The first-order valence-corrected chi connectivity index (χ1v) is 13.0. The first kappa shape index (κ1) is 22.7. The van der Waals surface area contributed by atoms with Crippen molar-refractivity contribution in [1.29, 1.82) is 0 Å². The summed E-state index contributed by atoms with van der Waals surface area (Å²) >= 11 is 0. The molecule has 0 spiro atoms. The second-order valence-electron chi connectivity index (χ2n) is 10.5. The van der Waals surface area contributed by atoms with Crippen molar-refractivity contribution >= 4 is 10.8 Å². The van der Waals surface area contributed by atoms with E-state index in [4.69, 9.17) is 0 Å². The first-order valence-electron chi connectivity index (χ1n) is 13.0. The zero-order chi connectivity index (χ0) is 21.6. The summed E-state index contributed by atoms with van der Waals surface area (Å²) in [6.07, 6.45) is 19.6. The number of hydrogen-bond donors (Lipinski definition) is 0. The molecule has 0 radical (unpaired) electrons. The van der Waals surface area contributed by atoms with Gasteiger partial charge in [-0.25, -0.2) is 8.78 Å². The van der Waals surface area contributed by atoms with E-state index in [0.717, 1.165) is 23.1 Å². The third kappa shape index (κ3) is 5.88. The number of benzene rings is 2. The van der Waals surface area contributed by atoms with E-state index in [1.54, 1.807) is 12.1 Å². The van der Waals surface area contributed by atoms with Crippen LogP contribution in [0.5, 0.6) is 0 Å². The Bertz CT molecular complexity index is 826. The molecule has 2 heteroatoms. The Labute approximate surface area is 187 Å². The molecule has 0 N–H and O–H groups in total. The molecule has 0 amide bonds. The molecule has 0 aromatic heterocycles. The molecule has 2 aromatic carbocycles. The van der Waals surface area contributed by atoms with Crippen LogP contribution < -0.4 is 0 Å². The summed E-state index contributed by atoms with van der Waals surface area (Å²) in [7, 11) is 0. The highest BCUT2D eigenvalue weighted by atomic mass is 19.2. The summed E-state index contributed by atoms with van der Waals surface area (Å²) in [6.45, 7) is 2.30. The van der Waals surface area contributed by atoms with Gasteiger partial charge in [-0.2, -0.15) is 0 Å². The minimum absolute atomic E-state index is 0.400. The topological polar surface area (TPSA) is 0 Å². The number of rotatable bonds is 8. The highest BCUT2D eigenvalue weighted by Gasteiger charge is 2.25. The van der Waals surface area contributed by atoms with Gasteiger partial charge in [-0.1, -0.05) is 95.4 Å². The summed E-state index contributed by atoms with van der Waals surface area (Å²) < 4.78 is 27.4. The third-order valence-corrected chi connectivity index (χ3v) is 8.41. The summed E-state index contributed by atoms with van der Waals surface area (Å²) in [5.74, 6) is 1.99. The van der Waals surface area contributed by atoms with Gasteiger partial charge in [0.25, 0.3) is 0 Å². The SMILES string of the molecule is CCCCC[C@H]1CC[C@H](CC[C@H]2CC[C@H](c3ccc4c(F)c(F)ccc4c3)CC2)CC1. The lowest BCUT2D eigenvalue weighted by Crippen LogP contribution is -2.17. The largest absolute Gasteiger partial charge is 0.204 e. The van der Waals surface area contributed by atoms with E-state index in [2.05, 4.69) is 13.0 Å². The van der Waals surface area contributed by atoms with Crippen LogP contribution in [0.3, 0.4) is 0 Å². The van der Waals surface area contributed by atoms with Crippen molar-refractivity contribution in [2.24, 2.45) is 17.8 Å². The molecule has 0 unspecified atom stereocenters. The molecule has 2 saturated carbocycles. The quantitative estimate of drug-likeness (QED) is 0.369. The lowest BCUT2D eigenvalue weighted by Gasteiger charge is -2.32. The van der Waals surface area contributed by atoms with E-state index in [9.17, 15) is 8.78 Å². The zero-order valence-corrected chi connectivity index (χ0v) is 19.4. The van der Waals surface area contributed by atoms with Crippen molar-refractivity contribution in [2.75, 3.05) is 0 Å². The maximum atomic E-state index is 14.0. The molecule has 0 nitrogen and oxygen atoms in total. The maximum absolute atomic E-state index is 14.0. The van der Waals surface area contributed by atoms with Crippen LogP contribution in [-0.4, -0.2) is 0 Å². The monoisotopic (exact) mass is 426 g/mol. The number of unbranched alkanes of at least 4 members (excludes halogenated alkanes) is 2. The molecule has 170 valence electrons. The van der Waals surface area contributed by atoms with Gasteiger partial charge in [-0.05, 0) is 66.4 Å². The van der Waals surface area contributed by atoms with Crippen molar-refractivity contribution < 1.29 is 8.78 Å². The van der Waals surface area contributed by atoms with Gasteiger partial charge in [0.05, 0.1) is 0 Å². The van der Waals surface area contributed by atoms with Crippen molar-refractivity contribution in [3.8, 4) is 0 Å². The van der Waals surface area contributed by atoms with Crippen molar-refractivity contribution in [3.63, 3.8) is 0 Å². The molecular weight excluding hydrogens is 386 g/mol. The second-order valence-corrected chi connectivity index (χ2v) is 10.5. The fraction of sp³-hybridized carbons (Fsp3) is 0.655. The Morgan fingerprint density at radius 3 is 1.97 bits per heavy atom. The van der Waals surface area contributed by atoms with Crippen LogP contribution in [0.2, 0.25) is 0 Å². The average Bonchev–Trinajstić information content (AvgIpc) is 2.81. The summed E-state index contributed by atoms with van der Waals surface area (Å²) in [6, 6.07) is 8.84. The van der Waals surface area contributed by atoms with Crippen LogP contribution in [0.15, 0.2) is 30.3 Å². The lowest BCUT2D eigenvalue weighted by molar-refractivity contribution is 0.222. The second kappa shape index (κ2) is 10.9. The Morgan fingerprint density at radius 1 is 0.710 bits per heavy atom. The lowest BCUT2D eigenvalue weighted by atomic mass is 9.74. The third-order valence-electron chi connectivity index (χ3n) is 8.41. The molecular formula is C29H40F2. The predicted octanol–water partition coefficient (Wildman–Crippen LogP) is 9.56. The minimum atomic E-state index is -0.759. The van der Waals surface area contributed by atoms with Gasteiger partial charge in [-0.3, -0.25) is 0 Å². The number of fused-ring (bicyclic) bond motifs is 1. The van der Waals surface area contributed by atoms with Crippen LogP contribution in [0, 0.1) is 29.4 Å². The van der Waals surface area contributed by atoms with Crippen molar-refractivity contribution in [1.82, 2.24) is 0 Å². The molecule has 0 bridgehead atoms. The van der Waals surface area contributed by atoms with E-state index < -0.39 is 11.6 Å². The molecule has 0 atom stereocenters. The van der Waals surface area contributed by atoms with E-state index in [1.807, 2.05) is 6.07 Å². The highest BCUT2D eigenvalue weighted by molar-refractivity contribution is 5.84. The zero-order valence-electron chi connectivity index (χ0n) is 19.4. The van der Waals surface area contributed by atoms with Crippen LogP contribution in [0.25, 0.3) is 10.8 Å². The molecule has 31 heavy (non-hydrogen) atoms. The first-order chi connectivity index (χ1) is 15.1. The molecule has 2 fully saturated rings. The van der Waals surface area contributed by atoms with Crippen LogP contribution >= 0.6 is 0 Å². The van der Waals surface area contributed by atoms with E-state index in [-0.39, 0.29) is 0 Å². The minimum Gasteiger partial charge on any atom is -0.204 e. The molecule has 2 aliphatic carbocycles. The van der Waals surface area contributed by atoms with E-state index >= 15 is 0 Å². The van der Waals surface area contributed by atoms with Gasteiger partial charge < -0.3 is 0 Å². The molecule has 2 aromatic rings. The molecule has 4 rings (SSSR count). The fourth-order valence-electron chi connectivity index (χ4n) is 6.29. The Balaban J connectivity index is 1.20. The van der Waals surface area contributed by atoms with Gasteiger partial charge in [0.2, 0.25) is 0 Å². The Hall–Kier alpha value is -1.44. The normalized spacial score (nSPS) is 26.9. The van der Waals surface area contributed by atoms with Gasteiger partial charge in [0.15, 0.2) is 11.6 Å². The Morgan fingerprint density at radius 2 is 1.32 bits per heavy atom. The average molecular weight is 427 g/mol. The molecule has 2 aliphatic rings. The van der Waals surface area contributed by atoms with E-state index in [1.165, 1.54) is 102 Å². The molecule has 0 aliphatic heterocycles. The van der Waals surface area contributed by atoms with Crippen LogP contribution in [0.4, 0.5) is 8.78 Å². The maximum Gasteiger partial charge on any atom is 0.166 e. The molecule has 0 saturated heterocycles. The fourth-order valence-corrected chi connectivity index (χ4v) is 6.29. The van der Waals surface area contributed by atoms with Gasteiger partial charge >= 0.3 is 0 Å². The van der Waals surface area contributed by atoms with Gasteiger partial charge in [-0.15, -0.1) is 0 Å². The summed E-state index contributed by atoms with van der Waals surface area (Å²) in [5, 5.41) is 1.22. The van der Waals surface area contributed by atoms with Crippen LogP contribution in [-0.2, 0) is 0 Å². The smallest absolute Gasteiger partial charge is 0.166 e. The van der Waals surface area contributed by atoms with E-state index in [0.29, 0.717) is 11.3 Å². The van der Waals surface area contributed by atoms with Crippen molar-refractivity contribution in [3.05, 3.63) is 47.5 Å². The Kier molecular flexibility index (Phi) is 8.02. The predicted molar refractivity (Wildman–Crippen MR) is 127 cm³/mol. The summed E-state index contributed by atoms with van der Waals surface area (Å²) in [5.41, 5.74) is 1.30. The van der Waals surface area contributed by atoms with Gasteiger partial charge in [0, 0.05) is 5.39 Å².